The molecule has 170 valence electrons. The van der Waals surface area contributed by atoms with Crippen molar-refractivity contribution in [2.75, 3.05) is 6.61 Å². The average molecular weight is 428 g/mol. The summed E-state index contributed by atoms with van der Waals surface area (Å²) in [6, 6.07) is 5.03. The first kappa shape index (κ1) is 24.6. The molecule has 0 spiro atoms. The van der Waals surface area contributed by atoms with Gasteiger partial charge in [-0.25, -0.2) is 0 Å². The van der Waals surface area contributed by atoms with E-state index in [1.54, 1.807) is 22.8 Å². The molecule has 31 heavy (non-hydrogen) atoms. The summed E-state index contributed by atoms with van der Waals surface area (Å²) >= 11 is 0. The van der Waals surface area contributed by atoms with Crippen LogP contribution in [0.1, 0.15) is 67.2 Å². The number of hydrogen-bond donors (Lipinski definition) is 1. The summed E-state index contributed by atoms with van der Waals surface area (Å²) in [4.78, 5) is 13.3. The van der Waals surface area contributed by atoms with E-state index in [-0.39, 0.29) is 23.2 Å². The van der Waals surface area contributed by atoms with E-state index in [4.69, 9.17) is 9.47 Å². The summed E-state index contributed by atoms with van der Waals surface area (Å²) in [6.45, 7) is 13.1. The third-order valence-electron chi connectivity index (χ3n) is 5.00. The van der Waals surface area contributed by atoms with Crippen LogP contribution >= 0.6 is 0 Å². The first-order valence-electron chi connectivity index (χ1n) is 11.2. The van der Waals surface area contributed by atoms with Crippen molar-refractivity contribution in [1.29, 1.82) is 0 Å². The molecule has 0 aliphatic rings. The molecule has 5 heteroatoms. The first-order chi connectivity index (χ1) is 14.7. The lowest BCUT2D eigenvalue weighted by atomic mass is 10.1. The smallest absolute Gasteiger partial charge is 0.297 e. The van der Waals surface area contributed by atoms with E-state index in [9.17, 15) is 9.90 Å². The maximum atomic E-state index is 13.3. The number of hydrogen-bond acceptors (Lipinski definition) is 4. The number of benzene rings is 1. The van der Waals surface area contributed by atoms with E-state index >= 15 is 0 Å². The quantitative estimate of drug-likeness (QED) is 0.424. The standard InChI is InChI=1S/C26H37NO4/c1-7-8-15-27-23-17-21(28)12-13-22(23)24(25(26(27)29)31-19(4)5)30-16-14-20(6)11-9-10-18(2)3/h10,12-14,17,19,28H,7-9,11,15-16H2,1-6H3/b20-14+. The summed E-state index contributed by atoms with van der Waals surface area (Å²) in [5, 5.41) is 10.8. The number of rotatable bonds is 11. The molecule has 2 aromatic rings. The minimum absolute atomic E-state index is 0.121. The van der Waals surface area contributed by atoms with E-state index in [2.05, 4.69) is 33.8 Å². The van der Waals surface area contributed by atoms with E-state index < -0.39 is 0 Å². The highest BCUT2D eigenvalue weighted by atomic mass is 16.5. The molecule has 0 bridgehead atoms. The predicted octanol–water partition coefficient (Wildman–Crippen LogP) is 6.37. The third kappa shape index (κ3) is 6.91. The minimum atomic E-state index is -0.223. The normalized spacial score (nSPS) is 11.8. The van der Waals surface area contributed by atoms with Crippen LogP contribution in [-0.4, -0.2) is 22.4 Å². The summed E-state index contributed by atoms with van der Waals surface area (Å²) < 4.78 is 13.7. The number of phenolic OH excluding ortho intramolecular Hbond substituents is 1. The van der Waals surface area contributed by atoms with Crippen LogP contribution in [0.25, 0.3) is 10.9 Å². The number of allylic oxidation sites excluding steroid dienone is 3. The van der Waals surface area contributed by atoms with E-state index in [1.165, 1.54) is 11.1 Å². The van der Waals surface area contributed by atoms with Crippen molar-refractivity contribution in [1.82, 2.24) is 4.57 Å². The molecule has 2 rings (SSSR count). The largest absolute Gasteiger partial charge is 0.508 e. The fourth-order valence-electron chi connectivity index (χ4n) is 3.37. The molecule has 5 nitrogen and oxygen atoms in total. The Bertz CT molecular complexity index is 995. The van der Waals surface area contributed by atoms with Crippen molar-refractivity contribution in [2.24, 2.45) is 0 Å². The topological polar surface area (TPSA) is 60.7 Å². The van der Waals surface area contributed by atoms with Crippen molar-refractivity contribution in [3.05, 3.63) is 51.9 Å². The fraction of sp³-hybridized carbons (Fsp3) is 0.500. The Kier molecular flexibility index (Phi) is 9.22. The number of ether oxygens (including phenoxy) is 2. The Morgan fingerprint density at radius 3 is 2.55 bits per heavy atom. The van der Waals surface area contributed by atoms with E-state index in [1.807, 2.05) is 19.9 Å². The van der Waals surface area contributed by atoms with Gasteiger partial charge < -0.3 is 19.1 Å². The third-order valence-corrected chi connectivity index (χ3v) is 5.00. The van der Waals surface area contributed by atoms with E-state index in [0.29, 0.717) is 24.4 Å². The number of phenols is 1. The molecular weight excluding hydrogens is 390 g/mol. The fourth-order valence-corrected chi connectivity index (χ4v) is 3.37. The molecule has 0 saturated carbocycles. The number of aryl methyl sites for hydroxylation is 1. The molecule has 1 aromatic heterocycles. The van der Waals surface area contributed by atoms with Gasteiger partial charge in [-0.05, 0) is 72.1 Å². The summed E-state index contributed by atoms with van der Waals surface area (Å²) in [7, 11) is 0. The number of aromatic hydroxyl groups is 1. The Labute approximate surface area is 186 Å². The molecule has 0 amide bonds. The zero-order valence-electron chi connectivity index (χ0n) is 19.8. The average Bonchev–Trinajstić information content (AvgIpc) is 2.69. The van der Waals surface area contributed by atoms with Gasteiger partial charge in [0, 0.05) is 18.0 Å². The predicted molar refractivity (Wildman–Crippen MR) is 128 cm³/mol. The van der Waals surface area contributed by atoms with E-state index in [0.717, 1.165) is 31.1 Å². The number of aromatic nitrogens is 1. The second-order valence-electron chi connectivity index (χ2n) is 8.52. The van der Waals surface area contributed by atoms with Gasteiger partial charge >= 0.3 is 0 Å². The Balaban J connectivity index is 2.46. The number of fused-ring (bicyclic) bond motifs is 1. The second-order valence-corrected chi connectivity index (χ2v) is 8.52. The maximum absolute atomic E-state index is 13.3. The van der Waals surface area contributed by atoms with Crippen molar-refractivity contribution >= 4 is 10.9 Å². The lowest BCUT2D eigenvalue weighted by Gasteiger charge is -2.19. The van der Waals surface area contributed by atoms with Gasteiger partial charge in [0.05, 0.1) is 11.6 Å². The maximum Gasteiger partial charge on any atom is 0.297 e. The van der Waals surface area contributed by atoms with Gasteiger partial charge in [-0.15, -0.1) is 0 Å². The van der Waals surface area contributed by atoms with Gasteiger partial charge in [0.2, 0.25) is 5.75 Å². The molecule has 0 atom stereocenters. The van der Waals surface area contributed by atoms with Crippen LogP contribution in [0.3, 0.4) is 0 Å². The van der Waals surface area contributed by atoms with Crippen LogP contribution in [0.4, 0.5) is 0 Å². The lowest BCUT2D eigenvalue weighted by Crippen LogP contribution is -2.25. The Morgan fingerprint density at radius 2 is 1.90 bits per heavy atom. The highest BCUT2D eigenvalue weighted by Crippen LogP contribution is 2.35. The van der Waals surface area contributed by atoms with Crippen LogP contribution in [-0.2, 0) is 6.54 Å². The zero-order valence-corrected chi connectivity index (χ0v) is 19.8. The number of unbranched alkanes of at least 4 members (excludes halogenated alkanes) is 1. The van der Waals surface area contributed by atoms with Gasteiger partial charge in [-0.3, -0.25) is 4.79 Å². The summed E-state index contributed by atoms with van der Waals surface area (Å²) in [5.74, 6) is 0.797. The molecule has 0 aliphatic heterocycles. The molecule has 1 aromatic carbocycles. The van der Waals surface area contributed by atoms with Crippen molar-refractivity contribution in [3.63, 3.8) is 0 Å². The van der Waals surface area contributed by atoms with Gasteiger partial charge in [-0.1, -0.05) is 30.6 Å². The highest BCUT2D eigenvalue weighted by molar-refractivity contribution is 5.89. The number of nitrogens with zero attached hydrogens (tertiary/aromatic N) is 1. The number of pyridine rings is 1. The highest BCUT2D eigenvalue weighted by Gasteiger charge is 2.20. The van der Waals surface area contributed by atoms with Crippen molar-refractivity contribution in [2.45, 2.75) is 79.9 Å². The van der Waals surface area contributed by atoms with Crippen LogP contribution in [0.5, 0.6) is 17.2 Å². The molecular formula is C26H37NO4. The van der Waals surface area contributed by atoms with Crippen molar-refractivity contribution < 1.29 is 14.6 Å². The van der Waals surface area contributed by atoms with Crippen molar-refractivity contribution in [3.8, 4) is 17.2 Å². The van der Waals surface area contributed by atoms with Gasteiger partial charge in [0.15, 0.2) is 5.75 Å². The molecule has 0 fully saturated rings. The zero-order chi connectivity index (χ0) is 23.0. The van der Waals surface area contributed by atoms with Gasteiger partial charge in [0.1, 0.15) is 12.4 Å². The molecule has 0 radical (unpaired) electrons. The molecule has 1 N–H and O–H groups in total. The Morgan fingerprint density at radius 1 is 1.16 bits per heavy atom. The SMILES string of the molecule is CCCCn1c(=O)c(OC(C)C)c(OC/C=C(\C)CCC=C(C)C)c2ccc(O)cc21. The monoisotopic (exact) mass is 427 g/mol. The lowest BCUT2D eigenvalue weighted by molar-refractivity contribution is 0.222. The van der Waals surface area contributed by atoms with Gasteiger partial charge in [0.25, 0.3) is 5.56 Å². The second kappa shape index (κ2) is 11.6. The summed E-state index contributed by atoms with van der Waals surface area (Å²) in [6.07, 6.45) is 7.90. The van der Waals surface area contributed by atoms with Crippen LogP contribution in [0.2, 0.25) is 0 Å². The van der Waals surface area contributed by atoms with Crippen LogP contribution < -0.4 is 15.0 Å². The molecule has 0 aliphatic carbocycles. The molecule has 0 saturated heterocycles. The van der Waals surface area contributed by atoms with Crippen LogP contribution in [0, 0.1) is 0 Å². The van der Waals surface area contributed by atoms with Gasteiger partial charge in [-0.2, -0.15) is 0 Å². The molecule has 0 unspecified atom stereocenters. The minimum Gasteiger partial charge on any atom is -0.508 e. The summed E-state index contributed by atoms with van der Waals surface area (Å²) in [5.41, 5.74) is 2.99. The van der Waals surface area contributed by atoms with Crippen LogP contribution in [0.15, 0.2) is 46.3 Å². The molecule has 1 heterocycles. The first-order valence-corrected chi connectivity index (χ1v) is 11.2. The Hall–Kier alpha value is -2.69.